The van der Waals surface area contributed by atoms with Crippen molar-refractivity contribution in [3.8, 4) is 0 Å². The van der Waals surface area contributed by atoms with E-state index >= 15 is 0 Å². The summed E-state index contributed by atoms with van der Waals surface area (Å²) in [6.45, 7) is 4.46. The van der Waals surface area contributed by atoms with Crippen LogP contribution in [-0.2, 0) is 12.0 Å². The smallest absolute Gasteiger partial charge is 0.191 e. The molecule has 1 heterocycles. The molecular weight excluding hydrogens is 322 g/mol. The zero-order valence-electron chi connectivity index (χ0n) is 16.0. The van der Waals surface area contributed by atoms with Crippen molar-refractivity contribution in [1.29, 1.82) is 0 Å². The molecule has 1 saturated carbocycles. The molecule has 1 aliphatic carbocycles. The van der Waals surface area contributed by atoms with Crippen molar-refractivity contribution in [3.63, 3.8) is 0 Å². The third kappa shape index (κ3) is 4.34. The number of guanidine groups is 1. The van der Waals surface area contributed by atoms with Crippen molar-refractivity contribution in [1.82, 2.24) is 15.6 Å². The Kier molecular flexibility index (Phi) is 5.76. The molecule has 0 atom stereocenters. The highest BCUT2D eigenvalue weighted by atomic mass is 15.2. The lowest BCUT2D eigenvalue weighted by atomic mass is 9.96. The molecule has 2 N–H and O–H groups in total. The third-order valence-corrected chi connectivity index (χ3v) is 4.88. The van der Waals surface area contributed by atoms with Crippen LogP contribution in [0.1, 0.15) is 30.9 Å². The van der Waals surface area contributed by atoms with Gasteiger partial charge in [0.2, 0.25) is 0 Å². The Balaban J connectivity index is 1.67. The lowest BCUT2D eigenvalue weighted by Gasteiger charge is -2.19. The van der Waals surface area contributed by atoms with Crippen molar-refractivity contribution in [2.75, 3.05) is 32.1 Å². The number of nitrogens with one attached hydrogen (secondary N) is 2. The molecule has 138 valence electrons. The summed E-state index contributed by atoms with van der Waals surface area (Å²) in [6.07, 6.45) is 4.29. The van der Waals surface area contributed by atoms with Gasteiger partial charge in [-0.25, -0.2) is 9.98 Å². The minimum absolute atomic E-state index is 0.264. The number of aromatic nitrogens is 1. The molecule has 1 aliphatic rings. The van der Waals surface area contributed by atoms with E-state index in [0.29, 0.717) is 6.54 Å². The molecule has 0 amide bonds. The van der Waals surface area contributed by atoms with Gasteiger partial charge in [-0.05, 0) is 31.4 Å². The van der Waals surface area contributed by atoms with Crippen molar-refractivity contribution in [2.45, 2.75) is 31.7 Å². The first-order chi connectivity index (χ1) is 12.6. The SMILES string of the molecule is CCNC(=NCc1cccnc1N(C)C)NCC1(c2ccccc2)CC1. The van der Waals surface area contributed by atoms with Gasteiger partial charge in [0.1, 0.15) is 5.82 Å². The van der Waals surface area contributed by atoms with Crippen LogP contribution in [0.2, 0.25) is 0 Å². The van der Waals surface area contributed by atoms with Crippen LogP contribution >= 0.6 is 0 Å². The fourth-order valence-electron chi connectivity index (χ4n) is 3.23. The fourth-order valence-corrected chi connectivity index (χ4v) is 3.23. The molecule has 5 heteroatoms. The van der Waals surface area contributed by atoms with Crippen LogP contribution in [0.4, 0.5) is 5.82 Å². The Morgan fingerprint density at radius 2 is 1.88 bits per heavy atom. The maximum atomic E-state index is 4.78. The van der Waals surface area contributed by atoms with Gasteiger partial charge in [-0.1, -0.05) is 36.4 Å². The minimum atomic E-state index is 0.264. The summed E-state index contributed by atoms with van der Waals surface area (Å²) in [5.41, 5.74) is 2.81. The van der Waals surface area contributed by atoms with Gasteiger partial charge in [-0.2, -0.15) is 0 Å². The molecule has 26 heavy (non-hydrogen) atoms. The summed E-state index contributed by atoms with van der Waals surface area (Å²) in [5.74, 6) is 1.83. The van der Waals surface area contributed by atoms with E-state index < -0.39 is 0 Å². The monoisotopic (exact) mass is 351 g/mol. The van der Waals surface area contributed by atoms with Crippen LogP contribution in [0.3, 0.4) is 0 Å². The average molecular weight is 351 g/mol. The van der Waals surface area contributed by atoms with E-state index in [1.165, 1.54) is 18.4 Å². The van der Waals surface area contributed by atoms with Crippen molar-refractivity contribution >= 4 is 11.8 Å². The molecule has 1 aromatic heterocycles. The minimum Gasteiger partial charge on any atom is -0.362 e. The van der Waals surface area contributed by atoms with Gasteiger partial charge in [-0.3, -0.25) is 0 Å². The van der Waals surface area contributed by atoms with Crippen LogP contribution in [0, 0.1) is 0 Å². The van der Waals surface area contributed by atoms with Crippen LogP contribution in [0.5, 0.6) is 0 Å². The summed E-state index contributed by atoms with van der Waals surface area (Å²) in [4.78, 5) is 11.3. The highest BCUT2D eigenvalue weighted by molar-refractivity contribution is 5.80. The van der Waals surface area contributed by atoms with Crippen LogP contribution in [0.15, 0.2) is 53.7 Å². The van der Waals surface area contributed by atoms with E-state index in [2.05, 4.69) is 58.9 Å². The topological polar surface area (TPSA) is 52.6 Å². The van der Waals surface area contributed by atoms with Crippen molar-refractivity contribution in [2.24, 2.45) is 4.99 Å². The van der Waals surface area contributed by atoms with E-state index in [1.807, 2.05) is 31.3 Å². The van der Waals surface area contributed by atoms with Gasteiger partial charge >= 0.3 is 0 Å². The highest BCUT2D eigenvalue weighted by Gasteiger charge is 2.43. The van der Waals surface area contributed by atoms with Crippen LogP contribution in [0.25, 0.3) is 0 Å². The fraction of sp³-hybridized carbons (Fsp3) is 0.429. The lowest BCUT2D eigenvalue weighted by molar-refractivity contribution is 0.646. The molecule has 5 nitrogen and oxygen atoms in total. The van der Waals surface area contributed by atoms with Gasteiger partial charge < -0.3 is 15.5 Å². The van der Waals surface area contributed by atoms with Gasteiger partial charge in [0.05, 0.1) is 6.54 Å². The molecular formula is C21H29N5. The number of rotatable bonds is 7. The van der Waals surface area contributed by atoms with Crippen molar-refractivity contribution in [3.05, 3.63) is 59.8 Å². The quantitative estimate of drug-likeness (QED) is 0.595. The molecule has 0 bridgehead atoms. The Bertz CT molecular complexity index is 735. The predicted molar refractivity (Wildman–Crippen MR) is 109 cm³/mol. The summed E-state index contributed by atoms with van der Waals surface area (Å²) in [5, 5.41) is 6.90. The predicted octanol–water partition coefficient (Wildman–Crippen LogP) is 2.93. The molecule has 0 aliphatic heterocycles. The number of aliphatic imine (C=N–C) groups is 1. The zero-order valence-corrected chi connectivity index (χ0v) is 16.0. The Labute approximate surface area is 156 Å². The van der Waals surface area contributed by atoms with Gasteiger partial charge in [0.25, 0.3) is 0 Å². The Morgan fingerprint density at radius 1 is 1.12 bits per heavy atom. The molecule has 0 unspecified atom stereocenters. The van der Waals surface area contributed by atoms with Gasteiger partial charge in [0.15, 0.2) is 5.96 Å². The van der Waals surface area contributed by atoms with E-state index in [0.717, 1.165) is 30.4 Å². The van der Waals surface area contributed by atoms with Crippen molar-refractivity contribution < 1.29 is 0 Å². The molecule has 0 radical (unpaired) electrons. The summed E-state index contributed by atoms with van der Waals surface area (Å²) < 4.78 is 0. The summed E-state index contributed by atoms with van der Waals surface area (Å²) in [6, 6.07) is 14.8. The van der Waals surface area contributed by atoms with Gasteiger partial charge in [0, 0.05) is 44.4 Å². The molecule has 2 aromatic rings. The average Bonchev–Trinajstić information content (AvgIpc) is 3.46. The molecule has 1 aromatic carbocycles. The lowest BCUT2D eigenvalue weighted by Crippen LogP contribution is -2.41. The number of nitrogens with zero attached hydrogens (tertiary/aromatic N) is 3. The number of hydrogen-bond donors (Lipinski definition) is 2. The van der Waals surface area contributed by atoms with E-state index in [9.17, 15) is 0 Å². The number of anilines is 1. The molecule has 0 spiro atoms. The van der Waals surface area contributed by atoms with E-state index in [-0.39, 0.29) is 5.41 Å². The first-order valence-electron chi connectivity index (χ1n) is 9.33. The molecule has 0 saturated heterocycles. The van der Waals surface area contributed by atoms with E-state index in [4.69, 9.17) is 4.99 Å². The largest absolute Gasteiger partial charge is 0.362 e. The number of benzene rings is 1. The normalized spacial score (nSPS) is 15.4. The highest BCUT2D eigenvalue weighted by Crippen LogP contribution is 2.47. The summed E-state index contributed by atoms with van der Waals surface area (Å²) in [7, 11) is 4.02. The second kappa shape index (κ2) is 8.21. The second-order valence-electron chi connectivity index (χ2n) is 7.08. The third-order valence-electron chi connectivity index (χ3n) is 4.88. The van der Waals surface area contributed by atoms with Gasteiger partial charge in [-0.15, -0.1) is 0 Å². The zero-order chi connectivity index (χ0) is 18.4. The van der Waals surface area contributed by atoms with E-state index in [1.54, 1.807) is 0 Å². The maximum Gasteiger partial charge on any atom is 0.191 e. The number of hydrogen-bond acceptors (Lipinski definition) is 3. The van der Waals surface area contributed by atoms with Crippen LogP contribution < -0.4 is 15.5 Å². The maximum absolute atomic E-state index is 4.78. The number of pyridine rings is 1. The first-order valence-corrected chi connectivity index (χ1v) is 9.33. The Morgan fingerprint density at radius 3 is 2.54 bits per heavy atom. The van der Waals surface area contributed by atoms with Crippen LogP contribution in [-0.4, -0.2) is 38.1 Å². The molecule has 3 rings (SSSR count). The Hall–Kier alpha value is -2.56. The standard InChI is InChI=1S/C21H29N5/c1-4-22-20(24-15-17-9-8-14-23-19(17)26(2)3)25-16-21(12-13-21)18-10-6-5-7-11-18/h5-11,14H,4,12-13,15-16H2,1-3H3,(H2,22,24,25). The first kappa shape index (κ1) is 18.2. The second-order valence-corrected chi connectivity index (χ2v) is 7.08. The molecule has 1 fully saturated rings. The summed E-state index contributed by atoms with van der Waals surface area (Å²) >= 11 is 0.